The topological polar surface area (TPSA) is 26.0 Å². The van der Waals surface area contributed by atoms with Gasteiger partial charge in [-0.1, -0.05) is 21.3 Å². The Balaban J connectivity index is 0.00000128. The minimum absolute atomic E-state index is 0. The van der Waals surface area contributed by atoms with Gasteiger partial charge in [-0.25, -0.2) is 0 Å². The summed E-state index contributed by atoms with van der Waals surface area (Å²) in [6.07, 6.45) is 11.6. The highest BCUT2D eigenvalue weighted by atomic mass is 14.6. The van der Waals surface area contributed by atoms with E-state index in [4.69, 9.17) is 5.73 Å². The van der Waals surface area contributed by atoms with Crippen LogP contribution in [0.15, 0.2) is 0 Å². The maximum atomic E-state index is 5.65. The maximum Gasteiger partial charge on any atom is -0.00771 e. The van der Waals surface area contributed by atoms with Gasteiger partial charge >= 0.3 is 0 Å². The Morgan fingerprint density at radius 3 is 1.88 bits per heavy atom. The van der Waals surface area contributed by atoms with Crippen molar-refractivity contribution in [1.29, 1.82) is 0 Å². The fourth-order valence-corrected chi connectivity index (χ4v) is 4.01. The van der Waals surface area contributed by atoms with E-state index in [-0.39, 0.29) is 7.43 Å². The molecule has 1 nitrogen and oxygen atoms in total. The van der Waals surface area contributed by atoms with E-state index in [1.54, 1.807) is 0 Å². The third-order valence-corrected chi connectivity index (χ3v) is 5.60. The van der Waals surface area contributed by atoms with Gasteiger partial charge in [-0.15, -0.1) is 0 Å². The van der Waals surface area contributed by atoms with Crippen LogP contribution in [0.2, 0.25) is 0 Å². The van der Waals surface area contributed by atoms with E-state index in [1.165, 1.54) is 51.4 Å². The Kier molecular flexibility index (Phi) is 4.45. The number of hydrogen-bond acceptors (Lipinski definition) is 1. The molecule has 0 radical (unpaired) electrons. The lowest BCUT2D eigenvalue weighted by Crippen LogP contribution is -2.44. The summed E-state index contributed by atoms with van der Waals surface area (Å²) >= 11 is 0. The summed E-state index contributed by atoms with van der Waals surface area (Å²) in [5, 5.41) is 0. The second kappa shape index (κ2) is 5.08. The number of rotatable bonds is 4. The van der Waals surface area contributed by atoms with Crippen molar-refractivity contribution < 1.29 is 0 Å². The van der Waals surface area contributed by atoms with E-state index in [0.717, 1.165) is 23.3 Å². The zero-order valence-corrected chi connectivity index (χ0v) is 10.5. The van der Waals surface area contributed by atoms with Gasteiger partial charge in [-0.05, 0) is 74.7 Å². The highest BCUT2D eigenvalue weighted by Crippen LogP contribution is 2.61. The fraction of sp³-hybridized carbons (Fsp3) is 1.00. The van der Waals surface area contributed by atoms with E-state index >= 15 is 0 Å². The van der Waals surface area contributed by atoms with Gasteiger partial charge in [0.05, 0.1) is 0 Å². The Morgan fingerprint density at radius 2 is 1.50 bits per heavy atom. The molecule has 0 aromatic heterocycles. The SMILES string of the molecule is C.CC(C)C12CCC(CCCN)(CC1)CC2. The molecule has 3 rings (SSSR count). The van der Waals surface area contributed by atoms with Crippen LogP contribution >= 0.6 is 0 Å². The third kappa shape index (κ3) is 2.30. The normalized spacial score (nSPS) is 37.5. The molecule has 0 aromatic carbocycles. The van der Waals surface area contributed by atoms with Gasteiger partial charge in [0.15, 0.2) is 0 Å². The molecule has 0 heterocycles. The number of nitrogens with two attached hydrogens (primary N) is 1. The molecule has 0 unspecified atom stereocenters. The monoisotopic (exact) mass is 225 g/mol. The standard InChI is InChI=1S/C14H27N.CH4/c1-12(2)14-8-5-13(6-9-14,7-10-14)4-3-11-15;/h12H,3-11,15H2,1-2H3;1H4. The van der Waals surface area contributed by atoms with E-state index in [0.29, 0.717) is 0 Å². The summed E-state index contributed by atoms with van der Waals surface area (Å²) in [5.41, 5.74) is 7.09. The first-order chi connectivity index (χ1) is 7.13. The van der Waals surface area contributed by atoms with Crippen LogP contribution in [0.25, 0.3) is 0 Å². The lowest BCUT2D eigenvalue weighted by molar-refractivity contribution is -0.0430. The van der Waals surface area contributed by atoms with Crippen LogP contribution in [-0.2, 0) is 0 Å². The molecular formula is C15H31N. The molecular weight excluding hydrogens is 194 g/mol. The molecule has 3 aliphatic rings. The highest BCUT2D eigenvalue weighted by Gasteiger charge is 2.48. The molecule has 3 saturated carbocycles. The number of hydrogen-bond donors (Lipinski definition) is 1. The molecule has 0 saturated heterocycles. The highest BCUT2D eigenvalue weighted by molar-refractivity contribution is 5.00. The van der Waals surface area contributed by atoms with Gasteiger partial charge in [-0.2, -0.15) is 0 Å². The third-order valence-electron chi connectivity index (χ3n) is 5.60. The average Bonchev–Trinajstić information content (AvgIpc) is 2.29. The average molecular weight is 225 g/mol. The largest absolute Gasteiger partial charge is 0.330 e. The van der Waals surface area contributed by atoms with Crippen LogP contribution in [0.5, 0.6) is 0 Å². The van der Waals surface area contributed by atoms with E-state index < -0.39 is 0 Å². The van der Waals surface area contributed by atoms with Gasteiger partial charge in [0, 0.05) is 0 Å². The predicted octanol–water partition coefficient (Wildman–Crippen LogP) is 4.36. The van der Waals surface area contributed by atoms with Crippen molar-refractivity contribution >= 4 is 0 Å². The van der Waals surface area contributed by atoms with Crippen LogP contribution in [0.3, 0.4) is 0 Å². The lowest BCUT2D eigenvalue weighted by Gasteiger charge is -2.56. The lowest BCUT2D eigenvalue weighted by atomic mass is 9.50. The van der Waals surface area contributed by atoms with E-state index in [2.05, 4.69) is 13.8 Å². The summed E-state index contributed by atoms with van der Waals surface area (Å²) in [5.74, 6) is 0.894. The van der Waals surface area contributed by atoms with E-state index in [1.807, 2.05) is 0 Å². The second-order valence-electron chi connectivity index (χ2n) is 6.41. The van der Waals surface area contributed by atoms with Crippen molar-refractivity contribution in [3.8, 4) is 0 Å². The van der Waals surface area contributed by atoms with Crippen molar-refractivity contribution in [3.05, 3.63) is 0 Å². The summed E-state index contributed by atoms with van der Waals surface area (Å²) in [4.78, 5) is 0. The minimum Gasteiger partial charge on any atom is -0.330 e. The smallest absolute Gasteiger partial charge is 0.00771 e. The molecule has 3 aliphatic carbocycles. The van der Waals surface area contributed by atoms with Crippen LogP contribution < -0.4 is 5.73 Å². The van der Waals surface area contributed by atoms with Crippen molar-refractivity contribution in [3.63, 3.8) is 0 Å². The Labute approximate surface area is 102 Å². The zero-order chi connectivity index (χ0) is 10.9. The van der Waals surface area contributed by atoms with Crippen molar-refractivity contribution in [2.75, 3.05) is 6.54 Å². The van der Waals surface area contributed by atoms with Crippen LogP contribution in [0, 0.1) is 16.7 Å². The zero-order valence-electron chi connectivity index (χ0n) is 10.5. The molecule has 3 fully saturated rings. The molecule has 96 valence electrons. The van der Waals surface area contributed by atoms with Gasteiger partial charge in [-0.3, -0.25) is 0 Å². The molecule has 2 N–H and O–H groups in total. The second-order valence-corrected chi connectivity index (χ2v) is 6.41. The first-order valence-corrected chi connectivity index (χ1v) is 6.83. The quantitative estimate of drug-likeness (QED) is 0.756. The molecule has 0 aliphatic heterocycles. The maximum absolute atomic E-state index is 5.65. The summed E-state index contributed by atoms with van der Waals surface area (Å²) in [6, 6.07) is 0. The molecule has 0 amide bonds. The first kappa shape index (κ1) is 14.0. The summed E-state index contributed by atoms with van der Waals surface area (Å²) < 4.78 is 0. The van der Waals surface area contributed by atoms with Gasteiger partial charge in [0.1, 0.15) is 0 Å². The van der Waals surface area contributed by atoms with Crippen molar-refractivity contribution in [2.24, 2.45) is 22.5 Å². The summed E-state index contributed by atoms with van der Waals surface area (Å²) in [6.45, 7) is 5.74. The fourth-order valence-electron chi connectivity index (χ4n) is 4.01. The Bertz CT molecular complexity index is 195. The van der Waals surface area contributed by atoms with Crippen molar-refractivity contribution in [1.82, 2.24) is 0 Å². The molecule has 0 atom stereocenters. The van der Waals surface area contributed by atoms with E-state index in [9.17, 15) is 0 Å². The Hall–Kier alpha value is -0.0400. The van der Waals surface area contributed by atoms with Gasteiger partial charge in [0.25, 0.3) is 0 Å². The molecule has 0 spiro atoms. The Morgan fingerprint density at radius 1 is 1.00 bits per heavy atom. The van der Waals surface area contributed by atoms with Crippen molar-refractivity contribution in [2.45, 2.75) is 72.6 Å². The minimum atomic E-state index is 0. The van der Waals surface area contributed by atoms with Crippen LogP contribution in [-0.4, -0.2) is 6.54 Å². The molecule has 0 aromatic rings. The molecule has 2 bridgehead atoms. The predicted molar refractivity (Wildman–Crippen MR) is 72.4 cm³/mol. The molecule has 1 heteroatoms. The first-order valence-electron chi connectivity index (χ1n) is 6.83. The van der Waals surface area contributed by atoms with Crippen LogP contribution in [0.1, 0.15) is 72.6 Å². The molecule has 16 heavy (non-hydrogen) atoms. The summed E-state index contributed by atoms with van der Waals surface area (Å²) in [7, 11) is 0. The number of fused-ring (bicyclic) bond motifs is 3. The van der Waals surface area contributed by atoms with Crippen LogP contribution in [0.4, 0.5) is 0 Å². The van der Waals surface area contributed by atoms with Gasteiger partial charge < -0.3 is 5.73 Å². The van der Waals surface area contributed by atoms with Gasteiger partial charge in [0.2, 0.25) is 0 Å².